The SMILES string of the molecule is COc1ccccc1CNc1ncc2c(n1)N(C1CCC1)CCC(O)N2. The van der Waals surface area contributed by atoms with Gasteiger partial charge in [0.05, 0.1) is 19.0 Å². The molecule has 2 aromatic rings. The number of aliphatic hydroxyl groups is 1. The number of rotatable bonds is 5. The summed E-state index contributed by atoms with van der Waals surface area (Å²) in [4.78, 5) is 11.5. The average molecular weight is 355 g/mol. The topological polar surface area (TPSA) is 82.5 Å². The van der Waals surface area contributed by atoms with E-state index in [1.54, 1.807) is 13.3 Å². The first kappa shape index (κ1) is 16.9. The highest BCUT2D eigenvalue weighted by Crippen LogP contribution is 2.35. The number of anilines is 3. The lowest BCUT2D eigenvalue weighted by Gasteiger charge is -2.38. The second kappa shape index (κ2) is 7.37. The van der Waals surface area contributed by atoms with Crippen LogP contribution in [0.25, 0.3) is 0 Å². The molecule has 1 fully saturated rings. The molecule has 2 aliphatic rings. The Labute approximate surface area is 153 Å². The Morgan fingerprint density at radius 2 is 2.15 bits per heavy atom. The van der Waals surface area contributed by atoms with E-state index in [1.165, 1.54) is 19.3 Å². The lowest BCUT2D eigenvalue weighted by Crippen LogP contribution is -2.41. The number of hydrogen-bond acceptors (Lipinski definition) is 7. The highest BCUT2D eigenvalue weighted by Gasteiger charge is 2.30. The number of aromatic nitrogens is 2. The summed E-state index contributed by atoms with van der Waals surface area (Å²) in [7, 11) is 1.67. The third-order valence-corrected chi connectivity index (χ3v) is 5.15. The van der Waals surface area contributed by atoms with E-state index in [-0.39, 0.29) is 0 Å². The predicted octanol–water partition coefficient (Wildman–Crippen LogP) is 2.59. The van der Waals surface area contributed by atoms with Crippen LogP contribution in [0.2, 0.25) is 0 Å². The molecule has 0 radical (unpaired) electrons. The molecule has 4 rings (SSSR count). The smallest absolute Gasteiger partial charge is 0.225 e. The first-order valence-corrected chi connectivity index (χ1v) is 9.18. The molecule has 0 amide bonds. The first-order valence-electron chi connectivity index (χ1n) is 9.18. The molecule has 1 atom stereocenters. The summed E-state index contributed by atoms with van der Waals surface area (Å²) < 4.78 is 5.40. The minimum Gasteiger partial charge on any atom is -0.496 e. The summed E-state index contributed by atoms with van der Waals surface area (Å²) in [6.07, 6.45) is 5.50. The number of aliphatic hydroxyl groups excluding tert-OH is 1. The number of ether oxygens (including phenoxy) is 1. The van der Waals surface area contributed by atoms with Crippen LogP contribution in [0, 0.1) is 0 Å². The molecule has 1 aliphatic heterocycles. The van der Waals surface area contributed by atoms with Gasteiger partial charge in [-0.3, -0.25) is 0 Å². The number of benzene rings is 1. The van der Waals surface area contributed by atoms with Crippen LogP contribution >= 0.6 is 0 Å². The van der Waals surface area contributed by atoms with Gasteiger partial charge in [0.2, 0.25) is 5.95 Å². The van der Waals surface area contributed by atoms with Crippen molar-refractivity contribution >= 4 is 17.5 Å². The zero-order chi connectivity index (χ0) is 17.9. The van der Waals surface area contributed by atoms with Gasteiger partial charge in [0.25, 0.3) is 0 Å². The Hall–Kier alpha value is -2.54. The fourth-order valence-electron chi connectivity index (χ4n) is 3.47. The van der Waals surface area contributed by atoms with Crippen molar-refractivity contribution < 1.29 is 9.84 Å². The van der Waals surface area contributed by atoms with Crippen LogP contribution in [0.15, 0.2) is 30.5 Å². The molecule has 1 aromatic carbocycles. The molecule has 1 aliphatic carbocycles. The average Bonchev–Trinajstić information content (AvgIpc) is 2.78. The molecule has 1 saturated carbocycles. The number of hydrogen-bond donors (Lipinski definition) is 3. The monoisotopic (exact) mass is 355 g/mol. The fraction of sp³-hybridized carbons (Fsp3) is 0.474. The van der Waals surface area contributed by atoms with Crippen LogP contribution in [0.5, 0.6) is 5.75 Å². The van der Waals surface area contributed by atoms with Crippen molar-refractivity contribution in [2.24, 2.45) is 0 Å². The summed E-state index contributed by atoms with van der Waals surface area (Å²) in [6, 6.07) is 8.42. The van der Waals surface area contributed by atoms with Crippen molar-refractivity contribution in [2.45, 2.75) is 44.5 Å². The van der Waals surface area contributed by atoms with E-state index < -0.39 is 6.23 Å². The zero-order valence-electron chi connectivity index (χ0n) is 15.0. The minimum absolute atomic E-state index is 0.512. The molecular weight excluding hydrogens is 330 g/mol. The number of nitrogens with zero attached hydrogens (tertiary/aromatic N) is 3. The Bertz CT molecular complexity index is 765. The molecule has 0 saturated heterocycles. The van der Waals surface area contributed by atoms with E-state index in [4.69, 9.17) is 9.72 Å². The number of nitrogens with one attached hydrogen (secondary N) is 2. The molecule has 0 spiro atoms. The standard InChI is InChI=1S/C19H25N5O2/c1-26-16-8-3-2-5-13(16)11-20-19-21-12-15-18(23-19)24(14-6-4-7-14)10-9-17(25)22-15/h2-3,5,8,12,14,17,22,25H,4,6-7,9-11H2,1H3,(H,20,21,23). The van der Waals surface area contributed by atoms with E-state index in [9.17, 15) is 5.11 Å². The maximum atomic E-state index is 10.1. The summed E-state index contributed by atoms with van der Waals surface area (Å²) in [5, 5.41) is 16.5. The maximum absolute atomic E-state index is 10.1. The Balaban J connectivity index is 1.55. The van der Waals surface area contributed by atoms with Crippen molar-refractivity contribution in [1.82, 2.24) is 9.97 Å². The highest BCUT2D eigenvalue weighted by molar-refractivity contribution is 5.68. The third kappa shape index (κ3) is 3.39. The zero-order valence-corrected chi connectivity index (χ0v) is 15.0. The van der Waals surface area contributed by atoms with Crippen molar-refractivity contribution in [3.05, 3.63) is 36.0 Å². The van der Waals surface area contributed by atoms with Gasteiger partial charge in [0.15, 0.2) is 5.82 Å². The van der Waals surface area contributed by atoms with Crippen LogP contribution < -0.4 is 20.3 Å². The Morgan fingerprint density at radius 3 is 2.92 bits per heavy atom. The molecular formula is C19H25N5O2. The van der Waals surface area contributed by atoms with Gasteiger partial charge in [-0.05, 0) is 25.3 Å². The summed E-state index contributed by atoms with van der Waals surface area (Å²) >= 11 is 0. The summed E-state index contributed by atoms with van der Waals surface area (Å²) in [5.41, 5.74) is 1.85. The van der Waals surface area contributed by atoms with Crippen molar-refractivity contribution in [2.75, 3.05) is 29.2 Å². The highest BCUT2D eigenvalue weighted by atomic mass is 16.5. The molecule has 26 heavy (non-hydrogen) atoms. The van der Waals surface area contributed by atoms with E-state index in [1.807, 2.05) is 24.3 Å². The van der Waals surface area contributed by atoms with Gasteiger partial charge < -0.3 is 25.4 Å². The van der Waals surface area contributed by atoms with Crippen LogP contribution in [-0.2, 0) is 6.54 Å². The van der Waals surface area contributed by atoms with Crippen LogP contribution in [-0.4, -0.2) is 41.0 Å². The normalized spacial score (nSPS) is 19.8. The van der Waals surface area contributed by atoms with E-state index >= 15 is 0 Å². The summed E-state index contributed by atoms with van der Waals surface area (Å²) in [5.74, 6) is 2.30. The van der Waals surface area contributed by atoms with Crippen LogP contribution in [0.1, 0.15) is 31.2 Å². The molecule has 138 valence electrons. The molecule has 7 nitrogen and oxygen atoms in total. The minimum atomic E-state index is -0.560. The van der Waals surface area contributed by atoms with E-state index in [0.717, 1.165) is 29.4 Å². The predicted molar refractivity (Wildman–Crippen MR) is 102 cm³/mol. The number of methoxy groups -OCH3 is 1. The largest absolute Gasteiger partial charge is 0.496 e. The van der Waals surface area contributed by atoms with Gasteiger partial charge in [-0.25, -0.2) is 4.98 Å². The number of para-hydroxylation sites is 1. The summed E-state index contributed by atoms with van der Waals surface area (Å²) in [6.45, 7) is 1.39. The lowest BCUT2D eigenvalue weighted by atomic mass is 9.91. The van der Waals surface area contributed by atoms with Crippen molar-refractivity contribution in [3.63, 3.8) is 0 Å². The molecule has 1 unspecified atom stereocenters. The second-order valence-corrected chi connectivity index (χ2v) is 6.82. The van der Waals surface area contributed by atoms with E-state index in [2.05, 4.69) is 20.5 Å². The molecule has 1 aromatic heterocycles. The first-order chi connectivity index (χ1) is 12.7. The van der Waals surface area contributed by atoms with Crippen molar-refractivity contribution in [3.8, 4) is 5.75 Å². The Morgan fingerprint density at radius 1 is 1.31 bits per heavy atom. The maximum Gasteiger partial charge on any atom is 0.225 e. The molecule has 3 N–H and O–H groups in total. The van der Waals surface area contributed by atoms with Gasteiger partial charge in [-0.1, -0.05) is 18.2 Å². The molecule has 7 heteroatoms. The number of fused-ring (bicyclic) bond motifs is 1. The van der Waals surface area contributed by atoms with Gasteiger partial charge in [-0.2, -0.15) is 4.98 Å². The second-order valence-electron chi connectivity index (χ2n) is 6.82. The van der Waals surface area contributed by atoms with Gasteiger partial charge in [0.1, 0.15) is 12.0 Å². The van der Waals surface area contributed by atoms with Gasteiger partial charge >= 0.3 is 0 Å². The van der Waals surface area contributed by atoms with Crippen LogP contribution in [0.3, 0.4) is 0 Å². The Kier molecular flexibility index (Phi) is 4.79. The van der Waals surface area contributed by atoms with E-state index in [0.29, 0.717) is 25.0 Å². The van der Waals surface area contributed by atoms with Gasteiger partial charge in [0, 0.05) is 31.1 Å². The third-order valence-electron chi connectivity index (χ3n) is 5.15. The molecule has 0 bridgehead atoms. The lowest BCUT2D eigenvalue weighted by molar-refractivity contribution is 0.194. The van der Waals surface area contributed by atoms with Gasteiger partial charge in [-0.15, -0.1) is 0 Å². The van der Waals surface area contributed by atoms with Crippen LogP contribution in [0.4, 0.5) is 17.5 Å². The molecule has 2 heterocycles. The fourth-order valence-corrected chi connectivity index (χ4v) is 3.47. The quantitative estimate of drug-likeness (QED) is 0.760. The van der Waals surface area contributed by atoms with Crippen molar-refractivity contribution in [1.29, 1.82) is 0 Å².